The Morgan fingerprint density at radius 2 is 2.16 bits per heavy atom. The number of para-hydroxylation sites is 1. The maximum absolute atomic E-state index is 12.9. The lowest BCUT2D eigenvalue weighted by atomic mass is 10.2. The van der Waals surface area contributed by atoms with E-state index < -0.39 is 5.95 Å². The number of nitrogens with zero attached hydrogens (tertiary/aromatic N) is 1. The van der Waals surface area contributed by atoms with Gasteiger partial charge in [0.2, 0.25) is 5.95 Å². The Bertz CT molecular complexity index is 587. The summed E-state index contributed by atoms with van der Waals surface area (Å²) >= 11 is 0. The zero-order chi connectivity index (χ0) is 13.7. The molecule has 0 radical (unpaired) electrons. The van der Waals surface area contributed by atoms with Crippen molar-refractivity contribution in [3.63, 3.8) is 0 Å². The molecule has 0 unspecified atom stereocenters. The molecular weight excluding hydrogens is 247 g/mol. The highest BCUT2D eigenvalue weighted by molar-refractivity contribution is 5.93. The third kappa shape index (κ3) is 3.28. The van der Waals surface area contributed by atoms with Crippen LogP contribution in [0.3, 0.4) is 0 Å². The average molecular weight is 260 g/mol. The van der Waals surface area contributed by atoms with Crippen LogP contribution in [0.4, 0.5) is 4.39 Å². The molecule has 0 aliphatic carbocycles. The molecule has 2 rings (SSSR count). The Labute approximate surface area is 110 Å². The third-order valence-corrected chi connectivity index (χ3v) is 2.62. The van der Waals surface area contributed by atoms with Gasteiger partial charge >= 0.3 is 0 Å². The smallest absolute Gasteiger partial charge is 0.251 e. The summed E-state index contributed by atoms with van der Waals surface area (Å²) in [6.07, 6.45) is 1.26. The Hall–Kier alpha value is -2.43. The topological polar surface area (TPSA) is 51.2 Å². The molecule has 2 aromatic rings. The van der Waals surface area contributed by atoms with Crippen molar-refractivity contribution >= 4 is 5.91 Å². The molecule has 0 fully saturated rings. The molecule has 0 aliphatic rings. The molecular formula is C14H13FN2O2. The van der Waals surface area contributed by atoms with Gasteiger partial charge in [0, 0.05) is 29.9 Å². The molecule has 1 aromatic carbocycles. The number of aromatic nitrogens is 1. The monoisotopic (exact) mass is 260 g/mol. The number of hydrogen-bond acceptors (Lipinski definition) is 3. The Morgan fingerprint density at radius 3 is 2.89 bits per heavy atom. The minimum atomic E-state index is -0.676. The SMILES string of the molecule is COc1ccccc1CNC(=O)c1ccnc(F)c1. The van der Waals surface area contributed by atoms with Crippen molar-refractivity contribution in [1.82, 2.24) is 10.3 Å². The average Bonchev–Trinajstić information content (AvgIpc) is 2.45. The van der Waals surface area contributed by atoms with Crippen LogP contribution in [-0.4, -0.2) is 18.0 Å². The highest BCUT2D eigenvalue weighted by atomic mass is 19.1. The van der Waals surface area contributed by atoms with Crippen LogP contribution < -0.4 is 10.1 Å². The Balaban J connectivity index is 2.04. The van der Waals surface area contributed by atoms with Crippen LogP contribution in [0.2, 0.25) is 0 Å². The number of amides is 1. The maximum atomic E-state index is 12.9. The molecule has 0 spiro atoms. The Kier molecular flexibility index (Phi) is 4.07. The van der Waals surface area contributed by atoms with E-state index in [9.17, 15) is 9.18 Å². The van der Waals surface area contributed by atoms with Gasteiger partial charge in [-0.3, -0.25) is 4.79 Å². The lowest BCUT2D eigenvalue weighted by Gasteiger charge is -2.09. The molecule has 1 heterocycles. The summed E-state index contributed by atoms with van der Waals surface area (Å²) in [4.78, 5) is 15.2. The van der Waals surface area contributed by atoms with E-state index in [2.05, 4.69) is 10.3 Å². The molecule has 1 aromatic heterocycles. The van der Waals surface area contributed by atoms with Gasteiger partial charge in [0.05, 0.1) is 7.11 Å². The van der Waals surface area contributed by atoms with Gasteiger partial charge in [0.1, 0.15) is 5.75 Å². The van der Waals surface area contributed by atoms with Crippen molar-refractivity contribution in [2.24, 2.45) is 0 Å². The largest absolute Gasteiger partial charge is 0.496 e. The second kappa shape index (κ2) is 5.95. The van der Waals surface area contributed by atoms with Crippen LogP contribution in [0.25, 0.3) is 0 Å². The van der Waals surface area contributed by atoms with Gasteiger partial charge in [-0.2, -0.15) is 4.39 Å². The zero-order valence-corrected chi connectivity index (χ0v) is 10.4. The van der Waals surface area contributed by atoms with Crippen LogP contribution in [0.15, 0.2) is 42.6 Å². The van der Waals surface area contributed by atoms with E-state index in [1.165, 1.54) is 12.3 Å². The summed E-state index contributed by atoms with van der Waals surface area (Å²) in [5.74, 6) is -0.333. The number of carbonyl (C=O) groups is 1. The number of benzene rings is 1. The highest BCUT2D eigenvalue weighted by Crippen LogP contribution is 2.16. The molecule has 5 heteroatoms. The van der Waals surface area contributed by atoms with Crippen LogP contribution >= 0.6 is 0 Å². The molecule has 19 heavy (non-hydrogen) atoms. The van der Waals surface area contributed by atoms with Gasteiger partial charge < -0.3 is 10.1 Å². The minimum absolute atomic E-state index is 0.238. The van der Waals surface area contributed by atoms with Gasteiger partial charge in [-0.15, -0.1) is 0 Å². The second-order valence-electron chi connectivity index (χ2n) is 3.86. The van der Waals surface area contributed by atoms with E-state index in [4.69, 9.17) is 4.74 Å². The summed E-state index contributed by atoms with van der Waals surface area (Å²) in [5, 5.41) is 2.70. The predicted octanol–water partition coefficient (Wildman–Crippen LogP) is 2.16. The second-order valence-corrected chi connectivity index (χ2v) is 3.86. The number of ether oxygens (including phenoxy) is 1. The fourth-order valence-electron chi connectivity index (χ4n) is 1.67. The van der Waals surface area contributed by atoms with Gasteiger partial charge in [0.15, 0.2) is 0 Å². The first-order valence-electron chi connectivity index (χ1n) is 5.72. The minimum Gasteiger partial charge on any atom is -0.496 e. The quantitative estimate of drug-likeness (QED) is 0.857. The van der Waals surface area contributed by atoms with E-state index in [1.807, 2.05) is 24.3 Å². The number of pyridine rings is 1. The van der Waals surface area contributed by atoms with E-state index >= 15 is 0 Å². The molecule has 98 valence electrons. The van der Waals surface area contributed by atoms with Crippen LogP contribution in [0.1, 0.15) is 15.9 Å². The molecule has 0 aliphatic heterocycles. The van der Waals surface area contributed by atoms with Crippen LogP contribution in [0.5, 0.6) is 5.75 Å². The normalized spacial score (nSPS) is 10.0. The summed E-state index contributed by atoms with van der Waals surface area (Å²) < 4.78 is 18.1. The number of hydrogen-bond donors (Lipinski definition) is 1. The van der Waals surface area contributed by atoms with E-state index in [1.54, 1.807) is 7.11 Å². The summed E-state index contributed by atoms with van der Waals surface area (Å²) in [5.41, 5.74) is 1.09. The molecule has 1 amide bonds. The van der Waals surface area contributed by atoms with Gasteiger partial charge in [-0.05, 0) is 12.1 Å². The molecule has 0 atom stereocenters. The number of halogens is 1. The first-order valence-corrected chi connectivity index (χ1v) is 5.72. The molecule has 1 N–H and O–H groups in total. The fourth-order valence-corrected chi connectivity index (χ4v) is 1.67. The van der Waals surface area contributed by atoms with Gasteiger partial charge in [-0.1, -0.05) is 18.2 Å². The van der Waals surface area contributed by atoms with E-state index in [-0.39, 0.29) is 11.5 Å². The van der Waals surface area contributed by atoms with Gasteiger partial charge in [-0.25, -0.2) is 4.98 Å². The van der Waals surface area contributed by atoms with E-state index in [0.717, 1.165) is 11.6 Å². The van der Waals surface area contributed by atoms with Crippen molar-refractivity contribution in [2.75, 3.05) is 7.11 Å². The summed E-state index contributed by atoms with van der Waals surface area (Å²) in [6, 6.07) is 9.93. The number of nitrogens with one attached hydrogen (secondary N) is 1. The summed E-state index contributed by atoms with van der Waals surface area (Å²) in [7, 11) is 1.57. The lowest BCUT2D eigenvalue weighted by molar-refractivity contribution is 0.0950. The standard InChI is InChI=1S/C14H13FN2O2/c1-19-12-5-3-2-4-11(12)9-17-14(18)10-6-7-16-13(15)8-10/h2-8H,9H2,1H3,(H,17,18). The number of carbonyl (C=O) groups excluding carboxylic acids is 1. The van der Waals surface area contributed by atoms with Crippen molar-refractivity contribution in [1.29, 1.82) is 0 Å². The highest BCUT2D eigenvalue weighted by Gasteiger charge is 2.08. The van der Waals surface area contributed by atoms with Crippen molar-refractivity contribution in [2.45, 2.75) is 6.54 Å². The van der Waals surface area contributed by atoms with Gasteiger partial charge in [0.25, 0.3) is 5.91 Å². The number of rotatable bonds is 4. The third-order valence-electron chi connectivity index (χ3n) is 2.62. The lowest BCUT2D eigenvalue weighted by Crippen LogP contribution is -2.23. The first-order chi connectivity index (χ1) is 9.20. The first kappa shape index (κ1) is 13.0. The van der Waals surface area contributed by atoms with Crippen molar-refractivity contribution in [3.05, 3.63) is 59.7 Å². The molecule has 0 saturated heterocycles. The maximum Gasteiger partial charge on any atom is 0.251 e. The van der Waals surface area contributed by atoms with Crippen LogP contribution in [0, 0.1) is 5.95 Å². The van der Waals surface area contributed by atoms with Crippen molar-refractivity contribution in [3.8, 4) is 5.75 Å². The summed E-state index contributed by atoms with van der Waals surface area (Å²) in [6.45, 7) is 0.312. The zero-order valence-electron chi connectivity index (χ0n) is 10.4. The molecule has 0 bridgehead atoms. The molecule has 0 saturated carbocycles. The van der Waals surface area contributed by atoms with Crippen LogP contribution in [-0.2, 0) is 6.54 Å². The molecule has 4 nitrogen and oxygen atoms in total. The Morgan fingerprint density at radius 1 is 1.37 bits per heavy atom. The fraction of sp³-hybridized carbons (Fsp3) is 0.143. The van der Waals surface area contributed by atoms with Crippen molar-refractivity contribution < 1.29 is 13.9 Å². The van der Waals surface area contributed by atoms with E-state index in [0.29, 0.717) is 12.3 Å². The predicted molar refractivity (Wildman–Crippen MR) is 68.4 cm³/mol. The number of methoxy groups -OCH3 is 1.